The van der Waals surface area contributed by atoms with Gasteiger partial charge in [0.2, 0.25) is 5.91 Å². The monoisotopic (exact) mass is 306 g/mol. The van der Waals surface area contributed by atoms with Crippen LogP contribution in [0.4, 0.5) is 4.39 Å². The van der Waals surface area contributed by atoms with E-state index in [1.165, 1.54) is 31.4 Å². The first-order valence-electron chi connectivity index (χ1n) is 8.11. The zero-order valence-corrected chi connectivity index (χ0v) is 12.6. The number of benzene rings is 1. The highest BCUT2D eigenvalue weighted by molar-refractivity contribution is 5.82. The van der Waals surface area contributed by atoms with Gasteiger partial charge in [-0.15, -0.1) is 0 Å². The highest BCUT2D eigenvalue weighted by Gasteiger charge is 2.38. The van der Waals surface area contributed by atoms with E-state index >= 15 is 0 Å². The third-order valence-corrected chi connectivity index (χ3v) is 4.91. The highest BCUT2D eigenvalue weighted by Crippen LogP contribution is 2.33. The van der Waals surface area contributed by atoms with Gasteiger partial charge in [-0.3, -0.25) is 4.79 Å². The number of amides is 1. The van der Waals surface area contributed by atoms with E-state index in [-0.39, 0.29) is 24.1 Å². The first-order chi connectivity index (χ1) is 10.6. The van der Waals surface area contributed by atoms with Crippen molar-refractivity contribution in [1.82, 2.24) is 10.6 Å². The SMILES string of the molecule is O=C(NC[C@H](O)c1ccccc1F)[C@@H]1C[C@@H]2CCCC[C@H]2N1. The van der Waals surface area contributed by atoms with Crippen molar-refractivity contribution in [2.24, 2.45) is 5.92 Å². The topological polar surface area (TPSA) is 61.4 Å². The number of fused-ring (bicyclic) bond motifs is 1. The number of hydrogen-bond donors (Lipinski definition) is 3. The lowest BCUT2D eigenvalue weighted by Gasteiger charge is -2.24. The molecule has 3 rings (SSSR count). The van der Waals surface area contributed by atoms with Gasteiger partial charge in [0.15, 0.2) is 0 Å². The number of hydrogen-bond acceptors (Lipinski definition) is 3. The van der Waals surface area contributed by atoms with E-state index in [0.717, 1.165) is 12.8 Å². The predicted molar refractivity (Wildman–Crippen MR) is 81.7 cm³/mol. The van der Waals surface area contributed by atoms with Gasteiger partial charge in [0.1, 0.15) is 5.82 Å². The van der Waals surface area contributed by atoms with Crippen molar-refractivity contribution in [1.29, 1.82) is 0 Å². The number of carbonyl (C=O) groups excluding carboxylic acids is 1. The molecule has 2 aliphatic rings. The molecule has 1 aromatic carbocycles. The van der Waals surface area contributed by atoms with Gasteiger partial charge in [0.05, 0.1) is 12.1 Å². The first kappa shape index (κ1) is 15.4. The molecule has 1 saturated heterocycles. The Balaban J connectivity index is 1.51. The largest absolute Gasteiger partial charge is 0.386 e. The van der Waals surface area contributed by atoms with Crippen molar-refractivity contribution in [2.75, 3.05) is 6.54 Å². The van der Waals surface area contributed by atoms with Crippen LogP contribution in [0.25, 0.3) is 0 Å². The molecule has 1 amide bonds. The normalized spacial score (nSPS) is 28.9. The summed E-state index contributed by atoms with van der Waals surface area (Å²) in [4.78, 5) is 12.2. The van der Waals surface area contributed by atoms with Crippen molar-refractivity contribution >= 4 is 5.91 Å². The van der Waals surface area contributed by atoms with Crippen molar-refractivity contribution in [2.45, 2.75) is 50.3 Å². The maximum atomic E-state index is 13.6. The van der Waals surface area contributed by atoms with Gasteiger partial charge in [0, 0.05) is 18.2 Å². The van der Waals surface area contributed by atoms with E-state index in [1.54, 1.807) is 12.1 Å². The second-order valence-corrected chi connectivity index (χ2v) is 6.39. The summed E-state index contributed by atoms with van der Waals surface area (Å²) in [6, 6.07) is 6.38. The average molecular weight is 306 g/mol. The molecule has 22 heavy (non-hydrogen) atoms. The average Bonchev–Trinajstić information content (AvgIpc) is 2.97. The van der Waals surface area contributed by atoms with Gasteiger partial charge < -0.3 is 15.7 Å². The van der Waals surface area contributed by atoms with E-state index < -0.39 is 11.9 Å². The van der Waals surface area contributed by atoms with E-state index in [4.69, 9.17) is 0 Å². The Morgan fingerprint density at radius 3 is 2.91 bits per heavy atom. The fourth-order valence-electron chi connectivity index (χ4n) is 3.70. The molecule has 1 aliphatic heterocycles. The van der Waals surface area contributed by atoms with Crippen LogP contribution in [-0.2, 0) is 4.79 Å². The smallest absolute Gasteiger partial charge is 0.237 e. The summed E-state index contributed by atoms with van der Waals surface area (Å²) in [5, 5.41) is 16.2. The van der Waals surface area contributed by atoms with Crippen LogP contribution in [0.15, 0.2) is 24.3 Å². The van der Waals surface area contributed by atoms with Crippen LogP contribution in [0.2, 0.25) is 0 Å². The summed E-state index contributed by atoms with van der Waals surface area (Å²) >= 11 is 0. The maximum Gasteiger partial charge on any atom is 0.237 e. The van der Waals surface area contributed by atoms with Gasteiger partial charge in [-0.1, -0.05) is 31.0 Å². The van der Waals surface area contributed by atoms with E-state index in [2.05, 4.69) is 10.6 Å². The Morgan fingerprint density at radius 1 is 1.36 bits per heavy atom. The second-order valence-electron chi connectivity index (χ2n) is 6.39. The standard InChI is InChI=1S/C17H23FN2O2/c18-13-7-3-2-6-12(13)16(21)10-19-17(22)15-9-11-5-1-4-8-14(11)20-15/h2-3,6-7,11,14-16,20-21H,1,4-5,8-10H2,(H,19,22)/t11-,14+,15-,16-/m0/s1. The molecule has 4 atom stereocenters. The van der Waals surface area contributed by atoms with E-state index in [0.29, 0.717) is 12.0 Å². The molecular weight excluding hydrogens is 283 g/mol. The zero-order valence-electron chi connectivity index (χ0n) is 12.6. The molecule has 0 unspecified atom stereocenters. The van der Waals surface area contributed by atoms with Crippen LogP contribution < -0.4 is 10.6 Å². The fraction of sp³-hybridized carbons (Fsp3) is 0.588. The Hall–Kier alpha value is -1.46. The number of carbonyl (C=O) groups is 1. The molecule has 120 valence electrons. The van der Waals surface area contributed by atoms with Gasteiger partial charge in [0.25, 0.3) is 0 Å². The Morgan fingerprint density at radius 2 is 2.14 bits per heavy atom. The van der Waals surface area contributed by atoms with Gasteiger partial charge >= 0.3 is 0 Å². The Bertz CT molecular complexity index is 523. The van der Waals surface area contributed by atoms with Crippen molar-refractivity contribution in [3.05, 3.63) is 35.6 Å². The van der Waals surface area contributed by atoms with Gasteiger partial charge in [-0.25, -0.2) is 4.39 Å². The van der Waals surface area contributed by atoms with E-state index in [1.807, 2.05) is 0 Å². The lowest BCUT2D eigenvalue weighted by atomic mass is 9.85. The lowest BCUT2D eigenvalue weighted by Crippen LogP contribution is -2.44. The molecule has 4 nitrogen and oxygen atoms in total. The number of rotatable bonds is 4. The number of halogens is 1. The molecule has 1 heterocycles. The first-order valence-corrected chi connectivity index (χ1v) is 8.11. The molecule has 1 aromatic rings. The molecule has 1 aliphatic carbocycles. The minimum absolute atomic E-state index is 0.0350. The predicted octanol–water partition coefficient (Wildman–Crippen LogP) is 1.90. The number of aliphatic hydroxyl groups excluding tert-OH is 1. The Labute approximate surface area is 130 Å². The van der Waals surface area contributed by atoms with Crippen molar-refractivity contribution in [3.63, 3.8) is 0 Å². The fourth-order valence-corrected chi connectivity index (χ4v) is 3.70. The molecular formula is C17H23FN2O2. The van der Waals surface area contributed by atoms with Crippen LogP contribution in [0.5, 0.6) is 0 Å². The summed E-state index contributed by atoms with van der Waals surface area (Å²) in [6.45, 7) is 0.0350. The van der Waals surface area contributed by atoms with Crippen LogP contribution in [0.1, 0.15) is 43.8 Å². The quantitative estimate of drug-likeness (QED) is 0.796. The molecule has 2 fully saturated rings. The van der Waals surface area contributed by atoms with Crippen molar-refractivity contribution in [3.8, 4) is 0 Å². The zero-order chi connectivity index (χ0) is 15.5. The molecule has 0 bridgehead atoms. The minimum Gasteiger partial charge on any atom is -0.386 e. The summed E-state index contributed by atoms with van der Waals surface area (Å²) < 4.78 is 13.6. The molecule has 0 spiro atoms. The molecule has 0 radical (unpaired) electrons. The van der Waals surface area contributed by atoms with E-state index in [9.17, 15) is 14.3 Å². The summed E-state index contributed by atoms with van der Waals surface area (Å²) in [7, 11) is 0. The summed E-state index contributed by atoms with van der Waals surface area (Å²) in [6.07, 6.45) is 4.67. The maximum absolute atomic E-state index is 13.6. The van der Waals surface area contributed by atoms with Crippen molar-refractivity contribution < 1.29 is 14.3 Å². The van der Waals surface area contributed by atoms with Crippen LogP contribution in [0.3, 0.4) is 0 Å². The highest BCUT2D eigenvalue weighted by atomic mass is 19.1. The molecule has 1 saturated carbocycles. The van der Waals surface area contributed by atoms with Crippen LogP contribution in [-0.4, -0.2) is 29.6 Å². The van der Waals surface area contributed by atoms with Gasteiger partial charge in [-0.2, -0.15) is 0 Å². The third kappa shape index (κ3) is 3.31. The Kier molecular flexibility index (Phi) is 4.74. The third-order valence-electron chi connectivity index (χ3n) is 4.91. The lowest BCUT2D eigenvalue weighted by molar-refractivity contribution is -0.123. The van der Waals surface area contributed by atoms with Crippen LogP contribution >= 0.6 is 0 Å². The molecule has 0 aromatic heterocycles. The summed E-state index contributed by atoms with van der Waals surface area (Å²) in [5.41, 5.74) is 0.218. The number of nitrogens with one attached hydrogen (secondary N) is 2. The second kappa shape index (κ2) is 6.75. The van der Waals surface area contributed by atoms with Gasteiger partial charge in [-0.05, 0) is 31.2 Å². The number of aliphatic hydroxyl groups is 1. The summed E-state index contributed by atoms with van der Waals surface area (Å²) in [5.74, 6) is 0.0556. The minimum atomic E-state index is -1.02. The molecule has 5 heteroatoms. The molecule has 3 N–H and O–H groups in total. The van der Waals surface area contributed by atoms with Crippen LogP contribution in [0, 0.1) is 11.7 Å².